The summed E-state index contributed by atoms with van der Waals surface area (Å²) in [4.78, 5) is 0.916. The predicted molar refractivity (Wildman–Crippen MR) is 145 cm³/mol. The van der Waals surface area contributed by atoms with Crippen molar-refractivity contribution in [1.29, 1.82) is 0 Å². The average Bonchev–Trinajstić information content (AvgIpc) is 2.79. The Hall–Kier alpha value is -2.56. The molecule has 0 saturated carbocycles. The van der Waals surface area contributed by atoms with Crippen molar-refractivity contribution in [2.45, 2.75) is 45.2 Å². The highest BCUT2D eigenvalue weighted by Crippen LogP contribution is 2.38. The van der Waals surface area contributed by atoms with Gasteiger partial charge in [0, 0.05) is 23.7 Å². The third-order valence-electron chi connectivity index (χ3n) is 4.76. The molecule has 0 amide bonds. The van der Waals surface area contributed by atoms with Gasteiger partial charge in [-0.1, -0.05) is 36.4 Å². The minimum Gasteiger partial charge on any atom is -0.465 e. The van der Waals surface area contributed by atoms with Crippen LogP contribution in [0.25, 0.3) is 22.3 Å². The summed E-state index contributed by atoms with van der Waals surface area (Å²) >= 11 is 4.73. The molecule has 0 fully saturated rings. The standard InChI is InChI=1S/C26H30O4S.CH4O3S/c1-5-27-18(3)29-22-14-10-20(11-15-22)24-8-7-9-25(31)26(24)21-12-16-23(17-13-21)30-19(4)28-6-2;1-5(2,3)4/h7-19,31H,5-6H2,1-4H3;1H3,(H,2,3,4). The van der Waals surface area contributed by atoms with Gasteiger partial charge in [-0.3, -0.25) is 4.55 Å². The van der Waals surface area contributed by atoms with Crippen molar-refractivity contribution < 1.29 is 31.9 Å². The van der Waals surface area contributed by atoms with E-state index in [0.29, 0.717) is 19.5 Å². The largest absolute Gasteiger partial charge is 0.465 e. The Morgan fingerprint density at radius 3 is 1.61 bits per heavy atom. The molecular weight excluding hydrogens is 500 g/mol. The fraction of sp³-hybridized carbons (Fsp3) is 0.333. The molecule has 3 aromatic rings. The van der Waals surface area contributed by atoms with E-state index in [9.17, 15) is 8.42 Å². The van der Waals surface area contributed by atoms with E-state index in [2.05, 4.69) is 18.2 Å². The van der Waals surface area contributed by atoms with Crippen LogP contribution >= 0.6 is 12.6 Å². The first-order valence-electron chi connectivity index (χ1n) is 11.5. The molecule has 1 N–H and O–H groups in total. The molecule has 0 spiro atoms. The summed E-state index contributed by atoms with van der Waals surface area (Å²) in [5.41, 5.74) is 4.34. The predicted octanol–water partition coefficient (Wildman–Crippen LogP) is 6.34. The quantitative estimate of drug-likeness (QED) is 0.178. The number of hydrogen-bond acceptors (Lipinski definition) is 7. The zero-order chi connectivity index (χ0) is 26.7. The molecule has 36 heavy (non-hydrogen) atoms. The molecule has 0 aliphatic heterocycles. The summed E-state index contributed by atoms with van der Waals surface area (Å²) in [5.74, 6) is 1.55. The monoisotopic (exact) mass is 534 g/mol. The molecule has 0 aliphatic rings. The summed E-state index contributed by atoms with van der Waals surface area (Å²) in [6.07, 6.45) is 0.153. The van der Waals surface area contributed by atoms with Gasteiger partial charge in [-0.2, -0.15) is 8.42 Å². The van der Waals surface area contributed by atoms with Crippen LogP contribution in [0.1, 0.15) is 27.7 Å². The first-order valence-corrected chi connectivity index (χ1v) is 13.8. The van der Waals surface area contributed by atoms with Crippen LogP contribution in [0.4, 0.5) is 0 Å². The van der Waals surface area contributed by atoms with Crippen LogP contribution < -0.4 is 9.47 Å². The first kappa shape index (κ1) is 29.7. The molecule has 3 rings (SSSR count). The van der Waals surface area contributed by atoms with Crippen LogP contribution in [0.3, 0.4) is 0 Å². The van der Waals surface area contributed by atoms with Gasteiger partial charge < -0.3 is 18.9 Å². The van der Waals surface area contributed by atoms with Gasteiger partial charge in [-0.25, -0.2) is 0 Å². The van der Waals surface area contributed by atoms with Gasteiger partial charge in [0.15, 0.2) is 12.6 Å². The van der Waals surface area contributed by atoms with Crippen molar-refractivity contribution in [2.24, 2.45) is 0 Å². The lowest BCUT2D eigenvalue weighted by Crippen LogP contribution is -2.15. The average molecular weight is 535 g/mol. The molecule has 196 valence electrons. The molecule has 2 unspecified atom stereocenters. The lowest BCUT2D eigenvalue weighted by molar-refractivity contribution is -0.0616. The second-order valence-electron chi connectivity index (χ2n) is 7.76. The van der Waals surface area contributed by atoms with Gasteiger partial charge in [0.25, 0.3) is 10.1 Å². The van der Waals surface area contributed by atoms with Crippen LogP contribution in [0, 0.1) is 0 Å². The van der Waals surface area contributed by atoms with Crippen LogP contribution in [0.2, 0.25) is 0 Å². The topological polar surface area (TPSA) is 91.3 Å². The zero-order valence-corrected chi connectivity index (χ0v) is 22.9. The van der Waals surface area contributed by atoms with E-state index in [0.717, 1.165) is 38.6 Å². The lowest BCUT2D eigenvalue weighted by Gasteiger charge is -2.17. The van der Waals surface area contributed by atoms with Gasteiger partial charge >= 0.3 is 0 Å². The zero-order valence-electron chi connectivity index (χ0n) is 21.2. The molecule has 0 bridgehead atoms. The van der Waals surface area contributed by atoms with E-state index in [-0.39, 0.29) is 12.6 Å². The maximum atomic E-state index is 9.19. The Kier molecular flexibility index (Phi) is 11.7. The van der Waals surface area contributed by atoms with Gasteiger partial charge in [0.2, 0.25) is 0 Å². The van der Waals surface area contributed by atoms with E-state index in [1.165, 1.54) is 0 Å². The van der Waals surface area contributed by atoms with Crippen molar-refractivity contribution in [3.63, 3.8) is 0 Å². The Morgan fingerprint density at radius 2 is 1.19 bits per heavy atom. The van der Waals surface area contributed by atoms with E-state index in [1.807, 2.05) is 76.2 Å². The normalized spacial score (nSPS) is 12.8. The van der Waals surface area contributed by atoms with E-state index in [1.54, 1.807) is 0 Å². The van der Waals surface area contributed by atoms with Crippen molar-refractivity contribution in [2.75, 3.05) is 19.5 Å². The highest BCUT2D eigenvalue weighted by molar-refractivity contribution is 7.85. The van der Waals surface area contributed by atoms with Gasteiger partial charge in [0.05, 0.1) is 6.26 Å². The molecule has 0 aliphatic carbocycles. The lowest BCUT2D eigenvalue weighted by atomic mass is 9.94. The van der Waals surface area contributed by atoms with Gasteiger partial charge in [-0.15, -0.1) is 12.6 Å². The fourth-order valence-electron chi connectivity index (χ4n) is 3.42. The third-order valence-corrected chi connectivity index (χ3v) is 5.13. The van der Waals surface area contributed by atoms with E-state index in [4.69, 9.17) is 36.1 Å². The Labute approximate surface area is 219 Å². The van der Waals surface area contributed by atoms with Crippen LogP contribution in [-0.2, 0) is 19.6 Å². The summed E-state index contributed by atoms with van der Waals surface area (Å²) in [7, 11) is -3.67. The van der Waals surface area contributed by atoms with E-state index < -0.39 is 10.1 Å². The first-order chi connectivity index (χ1) is 17.0. The molecule has 3 aromatic carbocycles. The van der Waals surface area contributed by atoms with Gasteiger partial charge in [-0.05, 0) is 74.7 Å². The highest BCUT2D eigenvalue weighted by atomic mass is 32.2. The number of benzene rings is 3. The van der Waals surface area contributed by atoms with Crippen LogP contribution in [0.15, 0.2) is 71.6 Å². The minimum atomic E-state index is -3.67. The summed E-state index contributed by atoms with van der Waals surface area (Å²) in [5, 5.41) is 0. The summed E-state index contributed by atoms with van der Waals surface area (Å²) < 4.78 is 48.3. The van der Waals surface area contributed by atoms with Crippen LogP contribution in [-0.4, -0.2) is 45.0 Å². The minimum absolute atomic E-state index is 0.279. The number of ether oxygens (including phenoxy) is 4. The summed E-state index contributed by atoms with van der Waals surface area (Å²) in [6, 6.07) is 22.2. The second-order valence-corrected chi connectivity index (χ2v) is 9.71. The van der Waals surface area contributed by atoms with Crippen molar-refractivity contribution in [1.82, 2.24) is 0 Å². The number of thiol groups is 1. The molecule has 0 heterocycles. The van der Waals surface area contributed by atoms with Crippen molar-refractivity contribution in [3.05, 3.63) is 66.7 Å². The molecular formula is C27H34O7S2. The smallest absolute Gasteiger partial charge is 0.261 e. The Bertz CT molecular complexity index is 1170. The third kappa shape index (κ3) is 10.2. The number of hydrogen-bond donors (Lipinski definition) is 2. The maximum Gasteiger partial charge on any atom is 0.261 e. The molecule has 9 heteroatoms. The molecule has 0 radical (unpaired) electrons. The summed E-state index contributed by atoms with van der Waals surface area (Å²) in [6.45, 7) is 8.92. The van der Waals surface area contributed by atoms with Gasteiger partial charge in [0.1, 0.15) is 11.5 Å². The van der Waals surface area contributed by atoms with Crippen molar-refractivity contribution in [3.8, 4) is 33.8 Å². The molecule has 7 nitrogen and oxygen atoms in total. The molecule has 0 aromatic heterocycles. The molecule has 2 atom stereocenters. The molecule has 0 saturated heterocycles. The van der Waals surface area contributed by atoms with Crippen molar-refractivity contribution >= 4 is 22.7 Å². The Morgan fingerprint density at radius 1 is 0.778 bits per heavy atom. The fourth-order valence-corrected chi connectivity index (χ4v) is 3.75. The maximum absolute atomic E-state index is 9.19. The SMILES string of the molecule is CCOC(C)Oc1ccc(-c2cccc(S)c2-c2ccc(OC(C)OCC)cc2)cc1.CS(=O)(=O)O. The highest BCUT2D eigenvalue weighted by Gasteiger charge is 2.12. The van der Waals surface area contributed by atoms with Crippen LogP contribution in [0.5, 0.6) is 11.5 Å². The Balaban J connectivity index is 0.000000830. The second kappa shape index (κ2) is 14.2. The number of rotatable bonds is 10. The van der Waals surface area contributed by atoms with E-state index >= 15 is 0 Å².